The van der Waals surface area contributed by atoms with Crippen LogP contribution in [0.25, 0.3) is 11.1 Å². The van der Waals surface area contributed by atoms with E-state index in [9.17, 15) is 0 Å². The summed E-state index contributed by atoms with van der Waals surface area (Å²) in [4.78, 5) is 0. The molecule has 2 aromatic carbocycles. The number of ether oxygens (including phenoxy) is 2. The minimum Gasteiger partial charge on any atom is -0.497 e. The van der Waals surface area contributed by atoms with Crippen molar-refractivity contribution in [1.29, 1.82) is 0 Å². The van der Waals surface area contributed by atoms with Crippen molar-refractivity contribution in [3.05, 3.63) is 45.9 Å². The molecule has 0 spiro atoms. The van der Waals surface area contributed by atoms with E-state index in [-0.39, 0.29) is 6.10 Å². The van der Waals surface area contributed by atoms with Crippen molar-refractivity contribution in [3.8, 4) is 22.6 Å². The molecule has 0 radical (unpaired) electrons. The summed E-state index contributed by atoms with van der Waals surface area (Å²) in [6.07, 6.45) is 0.762. The van der Waals surface area contributed by atoms with Crippen LogP contribution in [0, 0.1) is 0 Å². The van der Waals surface area contributed by atoms with E-state index >= 15 is 0 Å². The standard InChI is InChI=1S/C16H15Cl2NO2/c1-20-10-5-9-6-11(8-19)21-16(9)13(7-10)12-3-2-4-14(17)15(12)18/h2-5,7,11H,6,8,19H2,1H3. The van der Waals surface area contributed by atoms with Gasteiger partial charge in [-0.05, 0) is 18.2 Å². The molecule has 0 bridgehead atoms. The van der Waals surface area contributed by atoms with E-state index in [1.165, 1.54) is 0 Å². The van der Waals surface area contributed by atoms with Gasteiger partial charge in [-0.3, -0.25) is 0 Å². The molecule has 21 heavy (non-hydrogen) atoms. The first kappa shape index (κ1) is 14.5. The lowest BCUT2D eigenvalue weighted by molar-refractivity contribution is 0.242. The Morgan fingerprint density at radius 2 is 2.10 bits per heavy atom. The maximum atomic E-state index is 6.34. The monoisotopic (exact) mass is 323 g/mol. The second kappa shape index (κ2) is 5.76. The molecule has 110 valence electrons. The van der Waals surface area contributed by atoms with Crippen LogP contribution in [0.5, 0.6) is 11.5 Å². The summed E-state index contributed by atoms with van der Waals surface area (Å²) < 4.78 is 11.3. The van der Waals surface area contributed by atoms with E-state index in [4.69, 9.17) is 38.4 Å². The average Bonchev–Trinajstić information content (AvgIpc) is 2.92. The SMILES string of the molecule is COc1cc2c(c(-c3cccc(Cl)c3Cl)c1)OC(CN)C2. The summed E-state index contributed by atoms with van der Waals surface area (Å²) in [7, 11) is 1.64. The Labute approximate surface area is 133 Å². The highest BCUT2D eigenvalue weighted by molar-refractivity contribution is 6.43. The molecule has 2 aromatic rings. The Morgan fingerprint density at radius 1 is 1.29 bits per heavy atom. The minimum atomic E-state index is -0.0104. The molecule has 1 atom stereocenters. The zero-order chi connectivity index (χ0) is 15.0. The lowest BCUT2D eigenvalue weighted by Gasteiger charge is -2.14. The van der Waals surface area contributed by atoms with Gasteiger partial charge in [0.15, 0.2) is 0 Å². The van der Waals surface area contributed by atoms with Crippen molar-refractivity contribution < 1.29 is 9.47 Å². The van der Waals surface area contributed by atoms with Crippen LogP contribution in [0.15, 0.2) is 30.3 Å². The predicted octanol–water partition coefficient (Wildman–Crippen LogP) is 3.93. The van der Waals surface area contributed by atoms with Crippen LogP contribution in [0.3, 0.4) is 0 Å². The molecule has 3 nitrogen and oxygen atoms in total. The number of benzene rings is 2. The normalized spacial score (nSPS) is 16.5. The molecule has 2 N–H and O–H groups in total. The molecule has 0 saturated heterocycles. The highest BCUT2D eigenvalue weighted by atomic mass is 35.5. The van der Waals surface area contributed by atoms with E-state index in [0.717, 1.165) is 34.6 Å². The van der Waals surface area contributed by atoms with Crippen LogP contribution in [0.1, 0.15) is 5.56 Å². The van der Waals surface area contributed by atoms with Gasteiger partial charge in [-0.1, -0.05) is 35.3 Å². The number of hydrogen-bond acceptors (Lipinski definition) is 3. The van der Waals surface area contributed by atoms with E-state index in [1.807, 2.05) is 24.3 Å². The Balaban J connectivity index is 2.19. The second-order valence-electron chi connectivity index (χ2n) is 4.94. The van der Waals surface area contributed by atoms with Gasteiger partial charge in [0.25, 0.3) is 0 Å². The molecule has 1 unspecified atom stereocenters. The van der Waals surface area contributed by atoms with Crippen molar-refractivity contribution in [2.75, 3.05) is 13.7 Å². The number of nitrogens with two attached hydrogens (primary N) is 1. The Kier molecular flexibility index (Phi) is 3.98. The summed E-state index contributed by atoms with van der Waals surface area (Å²) in [6.45, 7) is 0.472. The maximum Gasteiger partial charge on any atom is 0.131 e. The fourth-order valence-corrected chi connectivity index (χ4v) is 2.97. The smallest absolute Gasteiger partial charge is 0.131 e. The van der Waals surface area contributed by atoms with E-state index in [2.05, 4.69) is 0 Å². The van der Waals surface area contributed by atoms with Crippen molar-refractivity contribution in [2.24, 2.45) is 5.73 Å². The van der Waals surface area contributed by atoms with Crippen molar-refractivity contribution in [3.63, 3.8) is 0 Å². The first-order valence-electron chi connectivity index (χ1n) is 6.66. The highest BCUT2D eigenvalue weighted by Crippen LogP contribution is 2.45. The quantitative estimate of drug-likeness (QED) is 0.930. The van der Waals surface area contributed by atoms with Crippen molar-refractivity contribution in [1.82, 2.24) is 0 Å². The number of halogens is 2. The number of rotatable bonds is 3. The van der Waals surface area contributed by atoms with Gasteiger partial charge in [-0.15, -0.1) is 0 Å². The Bertz CT molecular complexity index is 688. The van der Waals surface area contributed by atoms with Crippen LogP contribution in [0.2, 0.25) is 10.0 Å². The molecule has 0 aliphatic carbocycles. The van der Waals surface area contributed by atoms with Crippen LogP contribution in [-0.2, 0) is 6.42 Å². The highest BCUT2D eigenvalue weighted by Gasteiger charge is 2.27. The van der Waals surface area contributed by atoms with Gasteiger partial charge in [-0.2, -0.15) is 0 Å². The van der Waals surface area contributed by atoms with Crippen LogP contribution in [-0.4, -0.2) is 19.8 Å². The molecule has 0 aromatic heterocycles. The average molecular weight is 324 g/mol. The minimum absolute atomic E-state index is 0.0104. The third-order valence-electron chi connectivity index (χ3n) is 3.61. The summed E-state index contributed by atoms with van der Waals surface area (Å²) in [5, 5.41) is 1.02. The zero-order valence-electron chi connectivity index (χ0n) is 11.5. The molecule has 0 amide bonds. The molecular formula is C16H15Cl2NO2. The van der Waals surface area contributed by atoms with Crippen molar-refractivity contribution >= 4 is 23.2 Å². The summed E-state index contributed by atoms with van der Waals surface area (Å²) in [6, 6.07) is 9.44. The summed E-state index contributed by atoms with van der Waals surface area (Å²) in [5.74, 6) is 1.58. The molecule has 1 aliphatic rings. The Morgan fingerprint density at radius 3 is 2.81 bits per heavy atom. The Hall–Kier alpha value is -1.42. The van der Waals surface area contributed by atoms with Gasteiger partial charge in [-0.25, -0.2) is 0 Å². The van der Waals surface area contributed by atoms with E-state index < -0.39 is 0 Å². The summed E-state index contributed by atoms with van der Waals surface area (Å²) >= 11 is 12.5. The number of fused-ring (bicyclic) bond motifs is 1. The van der Waals surface area contributed by atoms with Gasteiger partial charge < -0.3 is 15.2 Å². The predicted molar refractivity (Wildman–Crippen MR) is 85.6 cm³/mol. The first-order chi connectivity index (χ1) is 10.1. The topological polar surface area (TPSA) is 44.5 Å². The molecule has 1 aliphatic heterocycles. The van der Waals surface area contributed by atoms with Gasteiger partial charge in [0.1, 0.15) is 17.6 Å². The zero-order valence-corrected chi connectivity index (χ0v) is 13.0. The molecule has 1 heterocycles. The number of hydrogen-bond donors (Lipinski definition) is 1. The lowest BCUT2D eigenvalue weighted by atomic mass is 10.00. The van der Waals surface area contributed by atoms with Crippen molar-refractivity contribution in [2.45, 2.75) is 12.5 Å². The fourth-order valence-electron chi connectivity index (χ4n) is 2.57. The summed E-state index contributed by atoms with van der Waals surface area (Å²) in [5.41, 5.74) is 8.52. The second-order valence-corrected chi connectivity index (χ2v) is 5.73. The van der Waals surface area contributed by atoms with Gasteiger partial charge >= 0.3 is 0 Å². The van der Waals surface area contributed by atoms with Gasteiger partial charge in [0.05, 0.1) is 17.2 Å². The molecular weight excluding hydrogens is 309 g/mol. The molecule has 3 rings (SSSR count). The van der Waals surface area contributed by atoms with Crippen LogP contribution < -0.4 is 15.2 Å². The van der Waals surface area contributed by atoms with E-state index in [1.54, 1.807) is 13.2 Å². The third kappa shape index (κ3) is 2.57. The van der Waals surface area contributed by atoms with Gasteiger partial charge in [0.2, 0.25) is 0 Å². The van der Waals surface area contributed by atoms with Crippen LogP contribution in [0.4, 0.5) is 0 Å². The molecule has 5 heteroatoms. The first-order valence-corrected chi connectivity index (χ1v) is 7.41. The largest absolute Gasteiger partial charge is 0.497 e. The maximum absolute atomic E-state index is 6.34. The van der Waals surface area contributed by atoms with E-state index in [0.29, 0.717) is 16.6 Å². The molecule has 0 saturated carbocycles. The number of methoxy groups -OCH3 is 1. The molecule has 0 fully saturated rings. The lowest BCUT2D eigenvalue weighted by Crippen LogP contribution is -2.24. The fraction of sp³-hybridized carbons (Fsp3) is 0.250. The van der Waals surface area contributed by atoms with Crippen LogP contribution >= 0.6 is 23.2 Å². The van der Waals surface area contributed by atoms with Gasteiger partial charge in [0, 0.05) is 29.7 Å². The third-order valence-corrected chi connectivity index (χ3v) is 4.43.